The molecule has 25 heavy (non-hydrogen) atoms. The number of carbonyl (C=O) groups excluding carboxylic acids is 1. The van der Waals surface area contributed by atoms with Gasteiger partial charge in [0.1, 0.15) is 5.82 Å². The number of nitrogens with one attached hydrogen (secondary N) is 1. The Morgan fingerprint density at radius 1 is 1.36 bits per heavy atom. The Morgan fingerprint density at radius 2 is 2.20 bits per heavy atom. The molecule has 3 aromatic heterocycles. The molecule has 5 N–H and O–H groups in total. The third-order valence-corrected chi connectivity index (χ3v) is 5.58. The molecule has 3 heterocycles. The molecule has 0 aliphatic carbocycles. The fourth-order valence-corrected chi connectivity index (χ4v) is 4.49. The molecule has 126 valence electrons. The number of primary amides is 1. The van der Waals surface area contributed by atoms with Gasteiger partial charge in [0.2, 0.25) is 5.91 Å². The van der Waals surface area contributed by atoms with Crippen LogP contribution in [-0.2, 0) is 4.79 Å². The second kappa shape index (κ2) is 5.89. The fourth-order valence-electron chi connectivity index (χ4n) is 3.28. The lowest BCUT2D eigenvalue weighted by atomic mass is 9.96. The number of aromatic nitrogens is 2. The van der Waals surface area contributed by atoms with Crippen LogP contribution in [0.5, 0.6) is 0 Å². The van der Waals surface area contributed by atoms with E-state index >= 15 is 0 Å². The summed E-state index contributed by atoms with van der Waals surface area (Å²) in [6, 6.07) is 8.35. The van der Waals surface area contributed by atoms with Crippen molar-refractivity contribution >= 4 is 44.1 Å². The van der Waals surface area contributed by atoms with E-state index in [0.717, 1.165) is 37.7 Å². The Hall–Kier alpha value is -2.86. The number of pyridine rings is 1. The van der Waals surface area contributed by atoms with Crippen LogP contribution in [0.1, 0.15) is 24.8 Å². The van der Waals surface area contributed by atoms with E-state index in [9.17, 15) is 4.79 Å². The molecule has 0 aliphatic rings. The minimum absolute atomic E-state index is 0.00625. The van der Waals surface area contributed by atoms with Gasteiger partial charge in [-0.05, 0) is 46.0 Å². The lowest BCUT2D eigenvalue weighted by Crippen LogP contribution is -2.14. The summed E-state index contributed by atoms with van der Waals surface area (Å²) in [7, 11) is 0. The number of nitrogens with zero attached hydrogens (tertiary/aromatic N) is 1. The summed E-state index contributed by atoms with van der Waals surface area (Å²) in [5, 5.41) is 4.21. The summed E-state index contributed by atoms with van der Waals surface area (Å²) in [4.78, 5) is 18.9. The minimum atomic E-state index is -0.313. The molecule has 1 amide bonds. The first-order valence-corrected chi connectivity index (χ1v) is 8.94. The van der Waals surface area contributed by atoms with Gasteiger partial charge in [0, 0.05) is 40.0 Å². The Morgan fingerprint density at radius 3 is 3.00 bits per heavy atom. The van der Waals surface area contributed by atoms with Gasteiger partial charge < -0.3 is 16.5 Å². The first kappa shape index (κ1) is 15.7. The molecule has 4 rings (SSSR count). The van der Waals surface area contributed by atoms with Gasteiger partial charge in [-0.3, -0.25) is 4.79 Å². The highest BCUT2D eigenvalue weighted by molar-refractivity contribution is 7.18. The zero-order valence-electron chi connectivity index (χ0n) is 13.7. The van der Waals surface area contributed by atoms with Crippen molar-refractivity contribution in [1.82, 2.24) is 9.97 Å². The third-order valence-electron chi connectivity index (χ3n) is 4.55. The van der Waals surface area contributed by atoms with Crippen LogP contribution < -0.4 is 11.5 Å². The summed E-state index contributed by atoms with van der Waals surface area (Å²) in [5.41, 5.74) is 15.9. The van der Waals surface area contributed by atoms with E-state index in [0.29, 0.717) is 12.2 Å². The van der Waals surface area contributed by atoms with Gasteiger partial charge >= 0.3 is 0 Å². The molecule has 0 radical (unpaired) electrons. The first-order chi connectivity index (χ1) is 12.0. The van der Waals surface area contributed by atoms with Crippen LogP contribution >= 0.6 is 11.3 Å². The molecule has 1 aromatic carbocycles. The Bertz CT molecular complexity index is 1100. The van der Waals surface area contributed by atoms with Gasteiger partial charge in [-0.1, -0.05) is 13.0 Å². The highest BCUT2D eigenvalue weighted by atomic mass is 32.1. The van der Waals surface area contributed by atoms with Crippen molar-refractivity contribution in [2.45, 2.75) is 19.3 Å². The van der Waals surface area contributed by atoms with Gasteiger partial charge in [-0.2, -0.15) is 0 Å². The summed E-state index contributed by atoms with van der Waals surface area (Å²) in [5.74, 6) is 0.203. The maximum absolute atomic E-state index is 11.3. The van der Waals surface area contributed by atoms with E-state index < -0.39 is 0 Å². The second-order valence-electron chi connectivity index (χ2n) is 6.30. The van der Waals surface area contributed by atoms with E-state index in [-0.39, 0.29) is 11.8 Å². The number of rotatable bonds is 4. The van der Waals surface area contributed by atoms with E-state index in [1.807, 2.05) is 13.1 Å². The van der Waals surface area contributed by atoms with Crippen molar-refractivity contribution < 1.29 is 4.79 Å². The number of hydrogen-bond donors (Lipinski definition) is 3. The number of aromatic amines is 1. The summed E-state index contributed by atoms with van der Waals surface area (Å²) in [6.07, 6.45) is 3.99. The molecular formula is C19H18N4OS. The van der Waals surface area contributed by atoms with Gasteiger partial charge in [0.15, 0.2) is 0 Å². The number of amides is 1. The van der Waals surface area contributed by atoms with Crippen molar-refractivity contribution in [2.24, 2.45) is 5.73 Å². The zero-order chi connectivity index (χ0) is 17.6. The lowest BCUT2D eigenvalue weighted by molar-refractivity contribution is -0.118. The zero-order valence-corrected chi connectivity index (χ0v) is 14.6. The van der Waals surface area contributed by atoms with E-state index in [1.165, 1.54) is 0 Å². The number of fused-ring (bicyclic) bond motifs is 2. The van der Waals surface area contributed by atoms with Crippen molar-refractivity contribution in [1.29, 1.82) is 0 Å². The van der Waals surface area contributed by atoms with Crippen LogP contribution in [0.15, 0.2) is 42.0 Å². The van der Waals surface area contributed by atoms with Crippen LogP contribution in [0.4, 0.5) is 5.82 Å². The van der Waals surface area contributed by atoms with Crippen molar-refractivity contribution in [3.63, 3.8) is 0 Å². The van der Waals surface area contributed by atoms with Crippen molar-refractivity contribution in [3.8, 4) is 11.1 Å². The molecule has 0 saturated carbocycles. The number of benzene rings is 1. The largest absolute Gasteiger partial charge is 0.383 e. The number of hydrogen-bond acceptors (Lipinski definition) is 4. The van der Waals surface area contributed by atoms with E-state index in [2.05, 4.69) is 39.6 Å². The molecule has 0 bridgehead atoms. The maximum atomic E-state index is 11.3. The molecule has 0 fully saturated rings. The third kappa shape index (κ3) is 2.64. The van der Waals surface area contributed by atoms with Crippen LogP contribution in [0.2, 0.25) is 0 Å². The predicted molar refractivity (Wildman–Crippen MR) is 104 cm³/mol. The SMILES string of the molecule is CC(CC(N)=O)c1cnc(N)c2c(-c3ccc4[nH]ccc4c3)csc12. The van der Waals surface area contributed by atoms with Gasteiger partial charge in [0.25, 0.3) is 0 Å². The van der Waals surface area contributed by atoms with E-state index in [4.69, 9.17) is 11.5 Å². The first-order valence-electron chi connectivity index (χ1n) is 8.06. The number of anilines is 1. The second-order valence-corrected chi connectivity index (χ2v) is 7.18. The molecule has 1 unspecified atom stereocenters. The quantitative estimate of drug-likeness (QED) is 0.519. The fraction of sp³-hybridized carbons (Fsp3) is 0.158. The highest BCUT2D eigenvalue weighted by Crippen LogP contribution is 2.41. The topological polar surface area (TPSA) is 97.8 Å². The Kier molecular flexibility index (Phi) is 3.69. The van der Waals surface area contributed by atoms with Crippen LogP contribution in [0.3, 0.4) is 0 Å². The Labute approximate surface area is 148 Å². The lowest BCUT2D eigenvalue weighted by Gasteiger charge is -2.12. The van der Waals surface area contributed by atoms with E-state index in [1.54, 1.807) is 17.5 Å². The number of H-pyrrole nitrogens is 1. The average molecular weight is 350 g/mol. The average Bonchev–Trinajstić information content (AvgIpc) is 3.20. The number of carbonyl (C=O) groups is 1. The van der Waals surface area contributed by atoms with Crippen LogP contribution in [0.25, 0.3) is 32.1 Å². The summed E-state index contributed by atoms with van der Waals surface area (Å²) in [6.45, 7) is 1.99. The molecule has 5 nitrogen and oxygen atoms in total. The van der Waals surface area contributed by atoms with Crippen LogP contribution in [-0.4, -0.2) is 15.9 Å². The van der Waals surface area contributed by atoms with Gasteiger partial charge in [-0.25, -0.2) is 4.98 Å². The number of nitrogens with two attached hydrogens (primary N) is 2. The maximum Gasteiger partial charge on any atom is 0.218 e. The highest BCUT2D eigenvalue weighted by Gasteiger charge is 2.18. The smallest absolute Gasteiger partial charge is 0.218 e. The number of nitrogen functional groups attached to an aromatic ring is 1. The molecule has 4 aromatic rings. The molecule has 0 aliphatic heterocycles. The molecular weight excluding hydrogens is 332 g/mol. The predicted octanol–water partition coefficient (Wildman–Crippen LogP) is 4.01. The molecule has 6 heteroatoms. The van der Waals surface area contributed by atoms with Gasteiger partial charge in [-0.15, -0.1) is 11.3 Å². The molecule has 1 atom stereocenters. The Balaban J connectivity index is 1.89. The van der Waals surface area contributed by atoms with Crippen molar-refractivity contribution in [3.05, 3.63) is 47.6 Å². The number of thiophene rings is 1. The monoisotopic (exact) mass is 350 g/mol. The van der Waals surface area contributed by atoms with Crippen molar-refractivity contribution in [2.75, 3.05) is 5.73 Å². The van der Waals surface area contributed by atoms with Crippen LogP contribution in [0, 0.1) is 0 Å². The minimum Gasteiger partial charge on any atom is -0.383 e. The molecule has 0 spiro atoms. The summed E-state index contributed by atoms with van der Waals surface area (Å²) < 4.78 is 1.07. The van der Waals surface area contributed by atoms with Gasteiger partial charge in [0.05, 0.1) is 0 Å². The standard InChI is InChI=1S/C19H18N4OS/c1-10(6-16(20)24)13-8-23-19(21)17-14(9-25-18(13)17)11-2-3-15-12(7-11)4-5-22-15/h2-5,7-10,22H,6H2,1H3,(H2,20,24)(H2,21,23). The normalized spacial score (nSPS) is 12.7. The summed E-state index contributed by atoms with van der Waals surface area (Å²) >= 11 is 1.63. The molecule has 0 saturated heterocycles.